The van der Waals surface area contributed by atoms with Crippen LogP contribution in [-0.4, -0.2) is 17.6 Å². The van der Waals surface area contributed by atoms with Gasteiger partial charge in [-0.2, -0.15) is 0 Å². The number of hydrogen-bond acceptors (Lipinski definition) is 3. The first-order valence-electron chi connectivity index (χ1n) is 5.83. The Hall–Kier alpha value is -1.55. The highest BCUT2D eigenvalue weighted by Gasteiger charge is 2.18. The number of nitrogens with one attached hydrogen (secondary N) is 1. The van der Waals surface area contributed by atoms with Crippen molar-refractivity contribution < 1.29 is 9.90 Å². The molecule has 1 aromatic carbocycles. The van der Waals surface area contributed by atoms with Gasteiger partial charge in [0.2, 0.25) is 5.91 Å². The van der Waals surface area contributed by atoms with E-state index < -0.39 is 0 Å². The normalized spacial score (nSPS) is 12.5. The summed E-state index contributed by atoms with van der Waals surface area (Å²) in [4.78, 5) is 11.9. The molecule has 4 nitrogen and oxygen atoms in total. The van der Waals surface area contributed by atoms with Gasteiger partial charge in [-0.3, -0.25) is 4.79 Å². The number of phenols is 1. The van der Waals surface area contributed by atoms with E-state index in [1.807, 2.05) is 0 Å². The summed E-state index contributed by atoms with van der Waals surface area (Å²) in [6.07, 6.45) is 0.746. The fourth-order valence-corrected chi connectivity index (χ4v) is 1.69. The third-order valence-electron chi connectivity index (χ3n) is 2.57. The van der Waals surface area contributed by atoms with Crippen molar-refractivity contribution in [2.45, 2.75) is 20.3 Å². The molecule has 0 bridgehead atoms. The van der Waals surface area contributed by atoms with E-state index in [1.54, 1.807) is 18.2 Å². The van der Waals surface area contributed by atoms with Crippen LogP contribution < -0.4 is 11.1 Å². The number of para-hydroxylation sites is 2. The van der Waals surface area contributed by atoms with Crippen molar-refractivity contribution in [2.75, 3.05) is 11.9 Å². The number of carbonyl (C=O) groups excluding carboxylic acids is 1. The van der Waals surface area contributed by atoms with Crippen LogP contribution in [0.3, 0.4) is 0 Å². The maximum absolute atomic E-state index is 11.9. The van der Waals surface area contributed by atoms with Crippen LogP contribution in [0.1, 0.15) is 20.3 Å². The summed E-state index contributed by atoms with van der Waals surface area (Å²) >= 11 is 0. The predicted octanol–water partition coefficient (Wildman–Crippen LogP) is 1.95. The summed E-state index contributed by atoms with van der Waals surface area (Å²) in [5.41, 5.74) is 6.02. The second-order valence-electron chi connectivity index (χ2n) is 4.57. The first-order valence-corrected chi connectivity index (χ1v) is 5.83. The van der Waals surface area contributed by atoms with Crippen molar-refractivity contribution in [1.82, 2.24) is 0 Å². The zero-order valence-electron chi connectivity index (χ0n) is 10.3. The first-order chi connectivity index (χ1) is 8.04. The lowest BCUT2D eigenvalue weighted by atomic mass is 9.96. The monoisotopic (exact) mass is 236 g/mol. The Balaban J connectivity index is 2.67. The molecule has 1 aromatic rings. The maximum atomic E-state index is 11.9. The van der Waals surface area contributed by atoms with Crippen molar-refractivity contribution in [3.8, 4) is 5.75 Å². The lowest BCUT2D eigenvalue weighted by Crippen LogP contribution is -2.30. The van der Waals surface area contributed by atoms with Crippen LogP contribution in [0.2, 0.25) is 0 Å². The SMILES string of the molecule is CC(C)CC(CN)C(=O)Nc1ccccc1O. The van der Waals surface area contributed by atoms with Gasteiger partial charge < -0.3 is 16.2 Å². The minimum atomic E-state index is -0.213. The average molecular weight is 236 g/mol. The standard InChI is InChI=1S/C13H20N2O2/c1-9(2)7-10(8-14)13(17)15-11-5-3-4-6-12(11)16/h3-6,9-10,16H,7-8,14H2,1-2H3,(H,15,17). The Labute approximate surface area is 102 Å². The molecular weight excluding hydrogens is 216 g/mol. The van der Waals surface area contributed by atoms with Crippen molar-refractivity contribution in [1.29, 1.82) is 0 Å². The molecule has 0 heterocycles. The molecule has 0 spiro atoms. The highest BCUT2D eigenvalue weighted by Crippen LogP contribution is 2.23. The lowest BCUT2D eigenvalue weighted by Gasteiger charge is -2.17. The van der Waals surface area contributed by atoms with Crippen LogP contribution in [0.4, 0.5) is 5.69 Å². The van der Waals surface area contributed by atoms with Crippen LogP contribution >= 0.6 is 0 Å². The zero-order valence-corrected chi connectivity index (χ0v) is 10.3. The second kappa shape index (κ2) is 6.25. The molecule has 0 saturated heterocycles. The molecule has 1 amide bonds. The molecule has 4 heteroatoms. The molecule has 17 heavy (non-hydrogen) atoms. The van der Waals surface area contributed by atoms with Gasteiger partial charge >= 0.3 is 0 Å². The van der Waals surface area contributed by atoms with Gasteiger partial charge in [0.1, 0.15) is 5.75 Å². The molecule has 94 valence electrons. The summed E-state index contributed by atoms with van der Waals surface area (Å²) in [7, 11) is 0. The smallest absolute Gasteiger partial charge is 0.228 e. The second-order valence-corrected chi connectivity index (χ2v) is 4.57. The number of benzene rings is 1. The molecular formula is C13H20N2O2. The van der Waals surface area contributed by atoms with Gasteiger partial charge in [-0.15, -0.1) is 0 Å². The molecule has 0 fully saturated rings. The highest BCUT2D eigenvalue weighted by molar-refractivity contribution is 5.94. The molecule has 0 aliphatic heterocycles. The maximum Gasteiger partial charge on any atom is 0.228 e. The summed E-state index contributed by atoms with van der Waals surface area (Å²) in [5.74, 6) is 0.136. The van der Waals surface area contributed by atoms with E-state index in [2.05, 4.69) is 19.2 Å². The van der Waals surface area contributed by atoms with Gasteiger partial charge in [-0.05, 0) is 24.5 Å². The fourth-order valence-electron chi connectivity index (χ4n) is 1.69. The lowest BCUT2D eigenvalue weighted by molar-refractivity contribution is -0.120. The van der Waals surface area contributed by atoms with E-state index in [0.717, 1.165) is 6.42 Å². The van der Waals surface area contributed by atoms with E-state index >= 15 is 0 Å². The molecule has 1 rings (SSSR count). The number of phenolic OH excluding ortho intramolecular Hbond substituents is 1. The van der Waals surface area contributed by atoms with Crippen LogP contribution in [0.15, 0.2) is 24.3 Å². The van der Waals surface area contributed by atoms with Gasteiger partial charge in [0.25, 0.3) is 0 Å². The van der Waals surface area contributed by atoms with Gasteiger partial charge in [-0.1, -0.05) is 26.0 Å². The van der Waals surface area contributed by atoms with Gasteiger partial charge in [0.15, 0.2) is 0 Å². The summed E-state index contributed by atoms with van der Waals surface area (Å²) in [5, 5.41) is 12.2. The third kappa shape index (κ3) is 4.07. The molecule has 4 N–H and O–H groups in total. The summed E-state index contributed by atoms with van der Waals surface area (Å²) < 4.78 is 0. The van der Waals surface area contributed by atoms with E-state index in [0.29, 0.717) is 18.2 Å². The van der Waals surface area contributed by atoms with E-state index in [4.69, 9.17) is 5.73 Å². The average Bonchev–Trinajstić information content (AvgIpc) is 2.28. The minimum Gasteiger partial charge on any atom is -0.506 e. The zero-order chi connectivity index (χ0) is 12.8. The Morgan fingerprint density at radius 1 is 1.41 bits per heavy atom. The Morgan fingerprint density at radius 3 is 2.59 bits per heavy atom. The van der Waals surface area contributed by atoms with Crippen LogP contribution in [0, 0.1) is 11.8 Å². The number of nitrogens with two attached hydrogens (primary N) is 1. The number of carbonyl (C=O) groups is 1. The van der Waals surface area contributed by atoms with Gasteiger partial charge in [0, 0.05) is 6.54 Å². The molecule has 1 atom stereocenters. The minimum absolute atomic E-state index is 0.0705. The Kier molecular flexibility index (Phi) is 4.97. The number of anilines is 1. The Morgan fingerprint density at radius 2 is 2.06 bits per heavy atom. The molecule has 0 aliphatic carbocycles. The van der Waals surface area contributed by atoms with Crippen molar-refractivity contribution in [3.05, 3.63) is 24.3 Å². The number of rotatable bonds is 5. The topological polar surface area (TPSA) is 75.4 Å². The van der Waals surface area contributed by atoms with E-state index in [-0.39, 0.29) is 17.6 Å². The number of amides is 1. The molecule has 0 saturated carbocycles. The van der Waals surface area contributed by atoms with Gasteiger partial charge in [-0.25, -0.2) is 0 Å². The highest BCUT2D eigenvalue weighted by atomic mass is 16.3. The van der Waals surface area contributed by atoms with E-state index in [1.165, 1.54) is 6.07 Å². The van der Waals surface area contributed by atoms with Crippen LogP contribution in [-0.2, 0) is 4.79 Å². The predicted molar refractivity (Wildman–Crippen MR) is 68.7 cm³/mol. The van der Waals surface area contributed by atoms with E-state index in [9.17, 15) is 9.90 Å². The molecule has 0 radical (unpaired) electrons. The van der Waals surface area contributed by atoms with Crippen LogP contribution in [0.25, 0.3) is 0 Å². The van der Waals surface area contributed by atoms with Crippen LogP contribution in [0.5, 0.6) is 5.75 Å². The largest absolute Gasteiger partial charge is 0.506 e. The summed E-state index contributed by atoms with van der Waals surface area (Å²) in [6, 6.07) is 6.67. The number of aromatic hydroxyl groups is 1. The quantitative estimate of drug-likeness (QED) is 0.684. The first kappa shape index (κ1) is 13.5. The molecule has 0 aromatic heterocycles. The Bertz CT molecular complexity index is 377. The number of hydrogen-bond donors (Lipinski definition) is 3. The van der Waals surface area contributed by atoms with Crippen molar-refractivity contribution >= 4 is 11.6 Å². The summed E-state index contributed by atoms with van der Waals surface area (Å²) in [6.45, 7) is 4.42. The fraction of sp³-hybridized carbons (Fsp3) is 0.462. The molecule has 1 unspecified atom stereocenters. The van der Waals surface area contributed by atoms with Gasteiger partial charge in [0.05, 0.1) is 11.6 Å². The van der Waals surface area contributed by atoms with Crippen molar-refractivity contribution in [2.24, 2.45) is 17.6 Å². The van der Waals surface area contributed by atoms with Crippen molar-refractivity contribution in [3.63, 3.8) is 0 Å². The molecule has 0 aliphatic rings. The third-order valence-corrected chi connectivity index (χ3v) is 2.57.